The summed E-state index contributed by atoms with van der Waals surface area (Å²) in [5.41, 5.74) is 6.96. The molecule has 160 valence electrons. The quantitative estimate of drug-likeness (QED) is 0.450. The van der Waals surface area contributed by atoms with Crippen molar-refractivity contribution in [1.29, 1.82) is 0 Å². The molecule has 0 atom stereocenters. The number of nitrogens with one attached hydrogen (secondary N) is 1. The lowest BCUT2D eigenvalue weighted by Gasteiger charge is -2.29. The standard InChI is InChI=1S/C24H30N2O4/c1-2-23(20-9-11-21(12-10-20)26-13-4-3-5-14-26)25-30-16-15-29-22-8-6-7-19(17-22)18-24(27)28/h2,6-12,17,25H,3-5,13-16,18H2,1H3,(H,27,28). The summed E-state index contributed by atoms with van der Waals surface area (Å²) in [5.74, 6) is -0.223. The summed E-state index contributed by atoms with van der Waals surface area (Å²) >= 11 is 0. The molecule has 1 saturated heterocycles. The van der Waals surface area contributed by atoms with Crippen LogP contribution in [-0.4, -0.2) is 37.4 Å². The molecule has 6 heteroatoms. The minimum atomic E-state index is -0.859. The molecule has 1 fully saturated rings. The third-order valence-electron chi connectivity index (χ3n) is 5.08. The summed E-state index contributed by atoms with van der Waals surface area (Å²) in [7, 11) is 0. The number of hydrogen-bond donors (Lipinski definition) is 2. The monoisotopic (exact) mass is 410 g/mol. The van der Waals surface area contributed by atoms with Crippen LogP contribution >= 0.6 is 0 Å². The van der Waals surface area contributed by atoms with E-state index in [-0.39, 0.29) is 6.42 Å². The maximum atomic E-state index is 10.8. The number of allylic oxidation sites excluding steroid dienone is 1. The van der Waals surface area contributed by atoms with Gasteiger partial charge in [0, 0.05) is 18.8 Å². The molecule has 0 bridgehead atoms. The van der Waals surface area contributed by atoms with Gasteiger partial charge >= 0.3 is 5.97 Å². The average Bonchev–Trinajstić information content (AvgIpc) is 2.77. The average molecular weight is 411 g/mol. The Morgan fingerprint density at radius 2 is 1.87 bits per heavy atom. The van der Waals surface area contributed by atoms with Gasteiger partial charge in [0.1, 0.15) is 19.0 Å². The SMILES string of the molecule is CC=C(NOCCOc1cccc(CC(=O)O)c1)c1ccc(N2CCCCC2)cc1. The topological polar surface area (TPSA) is 71.0 Å². The van der Waals surface area contributed by atoms with Crippen LogP contribution in [0.15, 0.2) is 54.6 Å². The Balaban J connectivity index is 1.43. The van der Waals surface area contributed by atoms with Gasteiger partial charge in [0.05, 0.1) is 12.1 Å². The van der Waals surface area contributed by atoms with E-state index >= 15 is 0 Å². The summed E-state index contributed by atoms with van der Waals surface area (Å²) in [6.07, 6.45) is 5.82. The van der Waals surface area contributed by atoms with Gasteiger partial charge in [-0.25, -0.2) is 0 Å². The van der Waals surface area contributed by atoms with Gasteiger partial charge in [-0.3, -0.25) is 15.1 Å². The van der Waals surface area contributed by atoms with Gasteiger partial charge in [0.15, 0.2) is 0 Å². The molecule has 0 amide bonds. The van der Waals surface area contributed by atoms with Crippen molar-refractivity contribution in [3.05, 3.63) is 65.7 Å². The lowest BCUT2D eigenvalue weighted by atomic mass is 10.1. The van der Waals surface area contributed by atoms with Crippen molar-refractivity contribution in [2.45, 2.75) is 32.6 Å². The second-order valence-electron chi connectivity index (χ2n) is 7.31. The summed E-state index contributed by atoms with van der Waals surface area (Å²) in [6.45, 7) is 4.95. The van der Waals surface area contributed by atoms with E-state index in [0.29, 0.717) is 24.5 Å². The Bertz CT molecular complexity index is 843. The van der Waals surface area contributed by atoms with Gasteiger partial charge in [-0.05, 0) is 61.6 Å². The summed E-state index contributed by atoms with van der Waals surface area (Å²) < 4.78 is 5.65. The van der Waals surface area contributed by atoms with Crippen LogP contribution in [0.4, 0.5) is 5.69 Å². The number of aliphatic carboxylic acids is 1. The zero-order valence-corrected chi connectivity index (χ0v) is 17.5. The van der Waals surface area contributed by atoms with E-state index in [1.54, 1.807) is 24.3 Å². The smallest absolute Gasteiger partial charge is 0.307 e. The normalized spacial score (nSPS) is 14.4. The van der Waals surface area contributed by atoms with Crippen molar-refractivity contribution >= 4 is 17.4 Å². The van der Waals surface area contributed by atoms with E-state index in [2.05, 4.69) is 34.6 Å². The number of carboxylic acid groups (broad SMARTS) is 1. The van der Waals surface area contributed by atoms with Crippen molar-refractivity contribution in [2.24, 2.45) is 0 Å². The molecule has 0 unspecified atom stereocenters. The fraction of sp³-hybridized carbons (Fsp3) is 0.375. The number of anilines is 1. The lowest BCUT2D eigenvalue weighted by Crippen LogP contribution is -2.29. The predicted molar refractivity (Wildman–Crippen MR) is 119 cm³/mol. The lowest BCUT2D eigenvalue weighted by molar-refractivity contribution is -0.136. The van der Waals surface area contributed by atoms with Crippen molar-refractivity contribution in [3.8, 4) is 5.75 Å². The Morgan fingerprint density at radius 3 is 2.57 bits per heavy atom. The van der Waals surface area contributed by atoms with Crippen LogP contribution in [0.3, 0.4) is 0 Å². The number of hydrogen-bond acceptors (Lipinski definition) is 5. The highest BCUT2D eigenvalue weighted by atomic mass is 16.7. The number of carbonyl (C=O) groups is 1. The Morgan fingerprint density at radius 1 is 1.10 bits per heavy atom. The van der Waals surface area contributed by atoms with E-state index in [9.17, 15) is 4.79 Å². The van der Waals surface area contributed by atoms with Crippen LogP contribution in [0.2, 0.25) is 0 Å². The van der Waals surface area contributed by atoms with Crippen LogP contribution in [0.5, 0.6) is 5.75 Å². The number of nitrogens with zero attached hydrogens (tertiary/aromatic N) is 1. The van der Waals surface area contributed by atoms with Gasteiger partial charge in [-0.1, -0.05) is 30.3 Å². The molecule has 0 aromatic heterocycles. The van der Waals surface area contributed by atoms with Crippen LogP contribution < -0.4 is 15.1 Å². The summed E-state index contributed by atoms with van der Waals surface area (Å²) in [5, 5.41) is 8.88. The van der Waals surface area contributed by atoms with E-state index < -0.39 is 5.97 Å². The largest absolute Gasteiger partial charge is 0.491 e. The molecular formula is C24H30N2O4. The van der Waals surface area contributed by atoms with Gasteiger partial charge in [0.2, 0.25) is 0 Å². The minimum absolute atomic E-state index is 0.0174. The summed E-state index contributed by atoms with van der Waals surface area (Å²) in [4.78, 5) is 18.8. The molecule has 1 aliphatic heterocycles. The van der Waals surface area contributed by atoms with Gasteiger partial charge in [0.25, 0.3) is 0 Å². The van der Waals surface area contributed by atoms with E-state index in [1.807, 2.05) is 13.0 Å². The van der Waals surface area contributed by atoms with E-state index in [4.69, 9.17) is 14.7 Å². The van der Waals surface area contributed by atoms with E-state index in [0.717, 1.165) is 24.4 Å². The zero-order valence-electron chi connectivity index (χ0n) is 17.5. The third kappa shape index (κ3) is 6.52. The first kappa shape index (κ1) is 21.7. The van der Waals surface area contributed by atoms with Crippen molar-refractivity contribution in [3.63, 3.8) is 0 Å². The molecule has 2 aromatic rings. The van der Waals surface area contributed by atoms with Crippen molar-refractivity contribution in [1.82, 2.24) is 5.48 Å². The van der Waals surface area contributed by atoms with Gasteiger partial charge < -0.3 is 14.7 Å². The fourth-order valence-corrected chi connectivity index (χ4v) is 3.54. The molecule has 1 aliphatic rings. The first-order valence-electron chi connectivity index (χ1n) is 10.5. The number of ether oxygens (including phenoxy) is 1. The maximum Gasteiger partial charge on any atom is 0.307 e. The molecule has 2 aromatic carbocycles. The Kier molecular flexibility index (Phi) is 8.15. The third-order valence-corrected chi connectivity index (χ3v) is 5.08. The highest BCUT2D eigenvalue weighted by molar-refractivity contribution is 5.70. The molecule has 1 heterocycles. The van der Waals surface area contributed by atoms with Crippen molar-refractivity contribution in [2.75, 3.05) is 31.2 Å². The molecule has 0 radical (unpaired) electrons. The number of hydroxylamine groups is 1. The number of piperidine rings is 1. The molecule has 0 saturated carbocycles. The second kappa shape index (κ2) is 11.3. The van der Waals surface area contributed by atoms with Crippen LogP contribution in [0.1, 0.15) is 37.3 Å². The first-order chi connectivity index (χ1) is 14.7. The molecular weight excluding hydrogens is 380 g/mol. The molecule has 0 aliphatic carbocycles. The van der Waals surface area contributed by atoms with Crippen LogP contribution in [-0.2, 0) is 16.1 Å². The number of carboxylic acids is 1. The first-order valence-corrected chi connectivity index (χ1v) is 10.5. The maximum absolute atomic E-state index is 10.8. The number of benzene rings is 2. The Labute approximate surface area is 178 Å². The summed E-state index contributed by atoms with van der Waals surface area (Å²) in [6, 6.07) is 15.7. The van der Waals surface area contributed by atoms with E-state index in [1.165, 1.54) is 24.9 Å². The predicted octanol–water partition coefficient (Wildman–Crippen LogP) is 4.27. The second-order valence-corrected chi connectivity index (χ2v) is 7.31. The molecule has 2 N–H and O–H groups in total. The molecule has 3 rings (SSSR count). The molecule has 6 nitrogen and oxygen atoms in total. The zero-order chi connectivity index (χ0) is 21.2. The number of rotatable bonds is 10. The fourth-order valence-electron chi connectivity index (χ4n) is 3.54. The van der Waals surface area contributed by atoms with Crippen LogP contribution in [0.25, 0.3) is 5.70 Å². The Hall–Kier alpha value is -2.99. The van der Waals surface area contributed by atoms with Gasteiger partial charge in [-0.15, -0.1) is 0 Å². The van der Waals surface area contributed by atoms with Crippen molar-refractivity contribution < 1.29 is 19.5 Å². The molecule has 30 heavy (non-hydrogen) atoms. The minimum Gasteiger partial charge on any atom is -0.491 e. The van der Waals surface area contributed by atoms with Crippen LogP contribution in [0, 0.1) is 0 Å². The highest BCUT2D eigenvalue weighted by Gasteiger charge is 2.11. The van der Waals surface area contributed by atoms with Gasteiger partial charge in [-0.2, -0.15) is 0 Å². The molecule has 0 spiro atoms. The highest BCUT2D eigenvalue weighted by Crippen LogP contribution is 2.22.